The third-order valence-electron chi connectivity index (χ3n) is 3.64. The summed E-state index contributed by atoms with van der Waals surface area (Å²) >= 11 is 0. The van der Waals surface area contributed by atoms with Gasteiger partial charge in [-0.15, -0.1) is 0 Å². The SMILES string of the molecule is CCC(C)(NC(=O)N(Cc1ccccc1)C(C)C)C(=O)O. The van der Waals surface area contributed by atoms with Gasteiger partial charge in [-0.1, -0.05) is 37.3 Å². The van der Waals surface area contributed by atoms with Gasteiger partial charge in [-0.05, 0) is 32.8 Å². The molecule has 0 aromatic heterocycles. The Hall–Kier alpha value is -2.04. The topological polar surface area (TPSA) is 69.6 Å². The van der Waals surface area contributed by atoms with Gasteiger partial charge in [-0.2, -0.15) is 0 Å². The summed E-state index contributed by atoms with van der Waals surface area (Å²) in [5.74, 6) is -1.03. The number of hydrogen-bond donors (Lipinski definition) is 2. The minimum atomic E-state index is -1.25. The number of hydrogen-bond acceptors (Lipinski definition) is 2. The lowest BCUT2D eigenvalue weighted by Gasteiger charge is -2.32. The van der Waals surface area contributed by atoms with E-state index in [9.17, 15) is 14.7 Å². The van der Waals surface area contributed by atoms with Crippen LogP contribution in [0.4, 0.5) is 4.79 Å². The largest absolute Gasteiger partial charge is 0.480 e. The van der Waals surface area contributed by atoms with Crippen molar-refractivity contribution in [2.45, 2.75) is 52.2 Å². The summed E-state index contributed by atoms with van der Waals surface area (Å²) in [7, 11) is 0. The van der Waals surface area contributed by atoms with Crippen LogP contribution in [0, 0.1) is 0 Å². The first kappa shape index (κ1) is 17.0. The lowest BCUT2D eigenvalue weighted by molar-refractivity contribution is -0.143. The Kier molecular flexibility index (Phi) is 5.76. The number of carboxylic acid groups (broad SMARTS) is 1. The van der Waals surface area contributed by atoms with E-state index in [1.54, 1.807) is 11.8 Å². The van der Waals surface area contributed by atoms with E-state index in [-0.39, 0.29) is 12.1 Å². The minimum Gasteiger partial charge on any atom is -0.480 e. The van der Waals surface area contributed by atoms with Crippen LogP contribution in [0.5, 0.6) is 0 Å². The number of aliphatic carboxylic acids is 1. The predicted molar refractivity (Wildman–Crippen MR) is 82.0 cm³/mol. The van der Waals surface area contributed by atoms with E-state index in [0.29, 0.717) is 13.0 Å². The second kappa shape index (κ2) is 7.11. The Balaban J connectivity index is 2.86. The summed E-state index contributed by atoms with van der Waals surface area (Å²) in [6, 6.07) is 9.25. The summed E-state index contributed by atoms with van der Waals surface area (Å²) in [4.78, 5) is 25.4. The van der Waals surface area contributed by atoms with Crippen molar-refractivity contribution >= 4 is 12.0 Å². The average molecular weight is 292 g/mol. The average Bonchev–Trinajstić information content (AvgIpc) is 2.45. The Morgan fingerprint density at radius 3 is 2.29 bits per heavy atom. The molecule has 0 saturated carbocycles. The van der Waals surface area contributed by atoms with Crippen molar-refractivity contribution in [3.05, 3.63) is 35.9 Å². The van der Waals surface area contributed by atoms with E-state index in [4.69, 9.17) is 0 Å². The highest BCUT2D eigenvalue weighted by molar-refractivity contribution is 5.85. The first-order valence-electron chi connectivity index (χ1n) is 7.16. The molecule has 0 fully saturated rings. The molecule has 1 atom stereocenters. The molecule has 5 nitrogen and oxygen atoms in total. The molecule has 0 heterocycles. The van der Waals surface area contributed by atoms with Crippen LogP contribution >= 0.6 is 0 Å². The van der Waals surface area contributed by atoms with Crippen LogP contribution < -0.4 is 5.32 Å². The molecule has 0 radical (unpaired) electrons. The van der Waals surface area contributed by atoms with Gasteiger partial charge in [-0.25, -0.2) is 9.59 Å². The number of nitrogens with one attached hydrogen (secondary N) is 1. The molecule has 0 aliphatic rings. The first-order chi connectivity index (χ1) is 9.80. The molecular weight excluding hydrogens is 268 g/mol. The molecular formula is C16H24N2O3. The van der Waals surface area contributed by atoms with Gasteiger partial charge in [0.25, 0.3) is 0 Å². The van der Waals surface area contributed by atoms with Gasteiger partial charge < -0.3 is 15.3 Å². The predicted octanol–water partition coefficient (Wildman–Crippen LogP) is 2.86. The van der Waals surface area contributed by atoms with Crippen LogP contribution in [0.15, 0.2) is 30.3 Å². The van der Waals surface area contributed by atoms with Crippen molar-refractivity contribution in [2.75, 3.05) is 0 Å². The maximum absolute atomic E-state index is 12.4. The summed E-state index contributed by atoms with van der Waals surface area (Å²) in [6.45, 7) is 7.53. The van der Waals surface area contributed by atoms with Gasteiger partial charge in [0.15, 0.2) is 0 Å². The molecule has 0 bridgehead atoms. The third-order valence-corrected chi connectivity index (χ3v) is 3.64. The molecule has 1 rings (SSSR count). The normalized spacial score (nSPS) is 13.6. The Morgan fingerprint density at radius 2 is 1.86 bits per heavy atom. The number of carboxylic acids is 1. The Labute approximate surface area is 126 Å². The number of urea groups is 1. The molecule has 0 aliphatic heterocycles. The van der Waals surface area contributed by atoms with Gasteiger partial charge in [0.2, 0.25) is 0 Å². The number of carbonyl (C=O) groups excluding carboxylic acids is 1. The van der Waals surface area contributed by atoms with Crippen LogP contribution in [-0.4, -0.2) is 33.6 Å². The monoisotopic (exact) mass is 292 g/mol. The molecule has 1 aromatic carbocycles. The highest BCUT2D eigenvalue weighted by atomic mass is 16.4. The standard InChI is InChI=1S/C16H24N2O3/c1-5-16(4,14(19)20)17-15(21)18(12(2)3)11-13-9-7-6-8-10-13/h6-10,12H,5,11H2,1-4H3,(H,17,21)(H,19,20). The van der Waals surface area contributed by atoms with E-state index in [0.717, 1.165) is 5.56 Å². The lowest BCUT2D eigenvalue weighted by Crippen LogP contribution is -2.56. The second-order valence-electron chi connectivity index (χ2n) is 5.63. The highest BCUT2D eigenvalue weighted by Crippen LogP contribution is 2.13. The number of benzene rings is 1. The smallest absolute Gasteiger partial charge is 0.329 e. The number of carbonyl (C=O) groups is 2. The molecule has 0 aliphatic carbocycles. The summed E-state index contributed by atoms with van der Waals surface area (Å²) < 4.78 is 0. The molecule has 1 unspecified atom stereocenters. The van der Waals surface area contributed by atoms with Crippen molar-refractivity contribution in [3.63, 3.8) is 0 Å². The zero-order chi connectivity index (χ0) is 16.0. The van der Waals surface area contributed by atoms with E-state index >= 15 is 0 Å². The fraction of sp³-hybridized carbons (Fsp3) is 0.500. The lowest BCUT2D eigenvalue weighted by atomic mass is 9.99. The van der Waals surface area contributed by atoms with Gasteiger partial charge in [0.1, 0.15) is 5.54 Å². The first-order valence-corrected chi connectivity index (χ1v) is 7.16. The zero-order valence-electron chi connectivity index (χ0n) is 13.1. The molecule has 0 saturated heterocycles. The van der Waals surface area contributed by atoms with Gasteiger partial charge >= 0.3 is 12.0 Å². The van der Waals surface area contributed by atoms with Crippen molar-refractivity contribution < 1.29 is 14.7 Å². The van der Waals surface area contributed by atoms with Crippen LogP contribution in [0.2, 0.25) is 0 Å². The van der Waals surface area contributed by atoms with Crippen LogP contribution in [0.25, 0.3) is 0 Å². The van der Waals surface area contributed by atoms with Crippen LogP contribution in [0.3, 0.4) is 0 Å². The molecule has 116 valence electrons. The third kappa shape index (κ3) is 4.48. The molecule has 2 amide bonds. The van der Waals surface area contributed by atoms with Crippen molar-refractivity contribution in [3.8, 4) is 0 Å². The second-order valence-corrected chi connectivity index (χ2v) is 5.63. The van der Waals surface area contributed by atoms with Crippen molar-refractivity contribution in [2.24, 2.45) is 0 Å². The number of nitrogens with zero attached hydrogens (tertiary/aromatic N) is 1. The van der Waals surface area contributed by atoms with E-state index < -0.39 is 11.5 Å². The quantitative estimate of drug-likeness (QED) is 0.847. The highest BCUT2D eigenvalue weighted by Gasteiger charge is 2.34. The van der Waals surface area contributed by atoms with Crippen molar-refractivity contribution in [1.29, 1.82) is 0 Å². The number of amides is 2. The van der Waals surface area contributed by atoms with Gasteiger partial charge in [0, 0.05) is 12.6 Å². The molecule has 1 aromatic rings. The van der Waals surface area contributed by atoms with E-state index in [2.05, 4.69) is 5.32 Å². The van der Waals surface area contributed by atoms with Crippen LogP contribution in [0.1, 0.15) is 39.7 Å². The molecule has 21 heavy (non-hydrogen) atoms. The summed E-state index contributed by atoms with van der Waals surface area (Å²) in [6.07, 6.45) is 0.325. The zero-order valence-corrected chi connectivity index (χ0v) is 13.1. The van der Waals surface area contributed by atoms with Gasteiger partial charge in [0.05, 0.1) is 0 Å². The van der Waals surface area contributed by atoms with Crippen LogP contribution in [-0.2, 0) is 11.3 Å². The maximum atomic E-state index is 12.4. The van der Waals surface area contributed by atoms with Gasteiger partial charge in [-0.3, -0.25) is 0 Å². The molecule has 0 spiro atoms. The molecule has 2 N–H and O–H groups in total. The Morgan fingerprint density at radius 1 is 1.29 bits per heavy atom. The minimum absolute atomic E-state index is 0.0277. The summed E-state index contributed by atoms with van der Waals surface area (Å²) in [5.41, 5.74) is -0.240. The maximum Gasteiger partial charge on any atom is 0.329 e. The van der Waals surface area contributed by atoms with E-state index in [1.807, 2.05) is 44.2 Å². The van der Waals surface area contributed by atoms with Crippen molar-refractivity contribution in [1.82, 2.24) is 10.2 Å². The summed E-state index contributed by atoms with van der Waals surface area (Å²) in [5, 5.41) is 11.9. The molecule has 5 heteroatoms. The number of rotatable bonds is 6. The fourth-order valence-corrected chi connectivity index (χ4v) is 1.87. The Bertz CT molecular complexity index is 488. The van der Waals surface area contributed by atoms with E-state index in [1.165, 1.54) is 6.92 Å². The fourth-order valence-electron chi connectivity index (χ4n) is 1.87.